The standard InChI is InChI=1S/C16H14F5NO4S/c1-25-6-7-26-14-4-2-10(16(19,20)21)8-13(14)22-27(23,24)15-5-3-11(17)9-12(15)18/h2-5,8-9,22H,6-7H2,1H3. The zero-order valence-corrected chi connectivity index (χ0v) is 14.6. The minimum atomic E-state index is -4.74. The molecule has 0 aliphatic rings. The predicted molar refractivity (Wildman–Crippen MR) is 86.0 cm³/mol. The molecule has 27 heavy (non-hydrogen) atoms. The van der Waals surface area contributed by atoms with Gasteiger partial charge in [-0.2, -0.15) is 13.2 Å². The number of rotatable bonds is 7. The molecule has 0 saturated heterocycles. The topological polar surface area (TPSA) is 64.6 Å². The van der Waals surface area contributed by atoms with E-state index in [4.69, 9.17) is 9.47 Å². The molecule has 0 saturated carbocycles. The van der Waals surface area contributed by atoms with Gasteiger partial charge in [-0.25, -0.2) is 17.2 Å². The smallest absolute Gasteiger partial charge is 0.416 e. The summed E-state index contributed by atoms with van der Waals surface area (Å²) in [6.45, 7) is 0.0291. The zero-order valence-electron chi connectivity index (χ0n) is 13.8. The molecule has 0 fully saturated rings. The summed E-state index contributed by atoms with van der Waals surface area (Å²) in [7, 11) is -3.27. The van der Waals surface area contributed by atoms with Gasteiger partial charge in [0.1, 0.15) is 28.9 Å². The third kappa shape index (κ3) is 5.30. The normalized spacial score (nSPS) is 12.1. The van der Waals surface area contributed by atoms with Crippen LogP contribution in [0.15, 0.2) is 41.3 Å². The van der Waals surface area contributed by atoms with Crippen LogP contribution in [0.5, 0.6) is 5.75 Å². The summed E-state index contributed by atoms with van der Waals surface area (Å²) in [5.41, 5.74) is -1.69. The molecule has 0 heterocycles. The van der Waals surface area contributed by atoms with Crippen LogP contribution in [0, 0.1) is 11.6 Å². The maximum absolute atomic E-state index is 13.8. The molecule has 0 radical (unpaired) electrons. The van der Waals surface area contributed by atoms with Gasteiger partial charge in [0.05, 0.1) is 17.9 Å². The number of methoxy groups -OCH3 is 1. The Morgan fingerprint density at radius 1 is 1.04 bits per heavy atom. The van der Waals surface area contributed by atoms with Gasteiger partial charge < -0.3 is 9.47 Å². The van der Waals surface area contributed by atoms with Crippen molar-refractivity contribution in [3.63, 3.8) is 0 Å². The van der Waals surface area contributed by atoms with Crippen molar-refractivity contribution in [2.75, 3.05) is 25.0 Å². The van der Waals surface area contributed by atoms with Crippen LogP contribution >= 0.6 is 0 Å². The first-order chi connectivity index (χ1) is 12.5. The Balaban J connectivity index is 2.44. The van der Waals surface area contributed by atoms with Crippen LogP contribution in [0.25, 0.3) is 0 Å². The highest BCUT2D eigenvalue weighted by Crippen LogP contribution is 2.36. The van der Waals surface area contributed by atoms with E-state index in [1.807, 2.05) is 4.72 Å². The molecule has 0 aliphatic heterocycles. The highest BCUT2D eigenvalue weighted by atomic mass is 32.2. The average molecular weight is 411 g/mol. The molecule has 2 aromatic carbocycles. The Morgan fingerprint density at radius 2 is 1.74 bits per heavy atom. The number of alkyl halides is 3. The number of anilines is 1. The molecule has 0 bridgehead atoms. The van der Waals surface area contributed by atoms with E-state index >= 15 is 0 Å². The summed E-state index contributed by atoms with van der Waals surface area (Å²) >= 11 is 0. The second-order valence-corrected chi connectivity index (χ2v) is 6.88. The lowest BCUT2D eigenvalue weighted by molar-refractivity contribution is -0.137. The number of halogens is 5. The Labute approximate surface area is 151 Å². The summed E-state index contributed by atoms with van der Waals surface area (Å²) in [5, 5.41) is 0. The third-order valence-electron chi connectivity index (χ3n) is 3.28. The van der Waals surface area contributed by atoms with Gasteiger partial charge in [-0.1, -0.05) is 0 Å². The van der Waals surface area contributed by atoms with Gasteiger partial charge in [0.15, 0.2) is 0 Å². The van der Waals surface area contributed by atoms with E-state index in [1.165, 1.54) is 7.11 Å². The summed E-state index contributed by atoms with van der Waals surface area (Å²) in [4.78, 5) is -0.927. The molecule has 0 atom stereocenters. The fraction of sp³-hybridized carbons (Fsp3) is 0.250. The van der Waals surface area contributed by atoms with Gasteiger partial charge in [-0.15, -0.1) is 0 Å². The van der Waals surface area contributed by atoms with Crippen LogP contribution in [0.1, 0.15) is 5.56 Å². The van der Waals surface area contributed by atoms with E-state index in [0.29, 0.717) is 30.3 Å². The molecule has 0 aromatic heterocycles. The second-order valence-electron chi connectivity index (χ2n) is 5.23. The van der Waals surface area contributed by atoms with Crippen LogP contribution in [0.2, 0.25) is 0 Å². The number of nitrogens with one attached hydrogen (secondary N) is 1. The number of hydrogen-bond donors (Lipinski definition) is 1. The van der Waals surface area contributed by atoms with E-state index in [0.717, 1.165) is 6.07 Å². The average Bonchev–Trinajstić information content (AvgIpc) is 2.54. The van der Waals surface area contributed by atoms with Crippen molar-refractivity contribution < 1.29 is 39.8 Å². The molecule has 2 rings (SSSR count). The zero-order chi connectivity index (χ0) is 20.2. The lowest BCUT2D eigenvalue weighted by atomic mass is 10.2. The number of benzene rings is 2. The van der Waals surface area contributed by atoms with Gasteiger partial charge in [0.25, 0.3) is 10.0 Å². The van der Waals surface area contributed by atoms with Crippen LogP contribution in [-0.4, -0.2) is 28.7 Å². The van der Waals surface area contributed by atoms with E-state index < -0.39 is 44.0 Å². The fourth-order valence-corrected chi connectivity index (χ4v) is 3.16. The molecule has 1 N–H and O–H groups in total. The number of ether oxygens (including phenoxy) is 2. The van der Waals surface area contributed by atoms with Gasteiger partial charge >= 0.3 is 6.18 Å². The van der Waals surface area contributed by atoms with Crippen LogP contribution < -0.4 is 9.46 Å². The third-order valence-corrected chi connectivity index (χ3v) is 4.68. The lowest BCUT2D eigenvalue weighted by Crippen LogP contribution is -2.17. The summed E-state index contributed by atoms with van der Waals surface area (Å²) < 4.78 is 102. The number of hydrogen-bond acceptors (Lipinski definition) is 4. The van der Waals surface area contributed by atoms with Gasteiger partial charge in [-0.3, -0.25) is 4.72 Å². The van der Waals surface area contributed by atoms with Gasteiger partial charge in [0.2, 0.25) is 0 Å². The first-order valence-corrected chi connectivity index (χ1v) is 8.84. The Morgan fingerprint density at radius 3 is 2.33 bits per heavy atom. The molecule has 0 spiro atoms. The predicted octanol–water partition coefficient (Wildman–Crippen LogP) is 3.81. The molecule has 2 aromatic rings. The van der Waals surface area contributed by atoms with Crippen molar-refractivity contribution in [3.05, 3.63) is 53.6 Å². The van der Waals surface area contributed by atoms with E-state index in [1.54, 1.807) is 0 Å². The monoisotopic (exact) mass is 411 g/mol. The van der Waals surface area contributed by atoms with E-state index in [9.17, 15) is 30.4 Å². The Kier molecular flexibility index (Phi) is 6.26. The number of sulfonamides is 1. The minimum absolute atomic E-state index is 0.0680. The summed E-state index contributed by atoms with van der Waals surface area (Å²) in [6, 6.07) is 3.86. The Hall–Kier alpha value is -2.40. The van der Waals surface area contributed by atoms with E-state index in [2.05, 4.69) is 0 Å². The minimum Gasteiger partial charge on any atom is -0.489 e. The van der Waals surface area contributed by atoms with E-state index in [-0.39, 0.29) is 19.0 Å². The highest BCUT2D eigenvalue weighted by molar-refractivity contribution is 7.92. The first kappa shape index (κ1) is 20.9. The SMILES string of the molecule is COCCOc1ccc(C(F)(F)F)cc1NS(=O)(=O)c1ccc(F)cc1F. The second kappa shape index (κ2) is 8.09. The van der Waals surface area contributed by atoms with Crippen molar-refractivity contribution in [1.29, 1.82) is 0 Å². The Bertz CT molecular complexity index is 916. The van der Waals surface area contributed by atoms with Crippen LogP contribution in [0.4, 0.5) is 27.6 Å². The van der Waals surface area contributed by atoms with Crippen molar-refractivity contribution in [1.82, 2.24) is 0 Å². The van der Waals surface area contributed by atoms with Crippen molar-refractivity contribution in [2.24, 2.45) is 0 Å². The summed E-state index contributed by atoms with van der Waals surface area (Å²) in [5.74, 6) is -2.61. The van der Waals surface area contributed by atoms with Crippen molar-refractivity contribution in [2.45, 2.75) is 11.1 Å². The molecule has 148 valence electrons. The largest absolute Gasteiger partial charge is 0.489 e. The van der Waals surface area contributed by atoms with Gasteiger partial charge in [0, 0.05) is 13.2 Å². The molecular weight excluding hydrogens is 397 g/mol. The molecule has 0 amide bonds. The molecule has 5 nitrogen and oxygen atoms in total. The maximum Gasteiger partial charge on any atom is 0.416 e. The molecule has 0 unspecified atom stereocenters. The lowest BCUT2D eigenvalue weighted by Gasteiger charge is -2.16. The molecular formula is C16H14F5NO4S. The maximum atomic E-state index is 13.8. The van der Waals surface area contributed by atoms with Crippen LogP contribution in [0.3, 0.4) is 0 Å². The van der Waals surface area contributed by atoms with Crippen LogP contribution in [-0.2, 0) is 20.9 Å². The van der Waals surface area contributed by atoms with Gasteiger partial charge in [-0.05, 0) is 30.3 Å². The first-order valence-electron chi connectivity index (χ1n) is 7.35. The highest BCUT2D eigenvalue weighted by Gasteiger charge is 2.32. The summed E-state index contributed by atoms with van der Waals surface area (Å²) in [6.07, 6.45) is -4.74. The molecule has 11 heteroatoms. The quantitative estimate of drug-likeness (QED) is 0.556. The fourth-order valence-electron chi connectivity index (χ4n) is 2.04. The molecule has 0 aliphatic carbocycles. The van der Waals surface area contributed by atoms with Crippen molar-refractivity contribution >= 4 is 15.7 Å². The van der Waals surface area contributed by atoms with Crippen molar-refractivity contribution in [3.8, 4) is 5.75 Å².